The van der Waals surface area contributed by atoms with E-state index in [0.29, 0.717) is 5.69 Å². The van der Waals surface area contributed by atoms with Crippen LogP contribution in [0.2, 0.25) is 0 Å². The van der Waals surface area contributed by atoms with Gasteiger partial charge in [0.25, 0.3) is 5.56 Å². The molecule has 0 saturated heterocycles. The SMILES string of the molecule is Cc1cc(=O)n(CC(=O)NC2CCCC2)cc1N. The molecule has 0 bridgehead atoms. The summed E-state index contributed by atoms with van der Waals surface area (Å²) >= 11 is 0. The summed E-state index contributed by atoms with van der Waals surface area (Å²) in [6.07, 6.45) is 5.95. The minimum absolute atomic E-state index is 0.0415. The van der Waals surface area contributed by atoms with Crippen LogP contribution in [0, 0.1) is 6.92 Å². The van der Waals surface area contributed by atoms with E-state index in [9.17, 15) is 9.59 Å². The molecule has 1 fully saturated rings. The number of nitrogens with two attached hydrogens (primary N) is 1. The van der Waals surface area contributed by atoms with E-state index >= 15 is 0 Å². The summed E-state index contributed by atoms with van der Waals surface area (Å²) in [6.45, 7) is 1.82. The summed E-state index contributed by atoms with van der Waals surface area (Å²) in [5.74, 6) is -0.118. The number of pyridine rings is 1. The molecule has 0 aliphatic heterocycles. The Morgan fingerprint density at radius 1 is 1.50 bits per heavy atom. The third kappa shape index (κ3) is 2.91. The number of nitrogens with one attached hydrogen (secondary N) is 1. The van der Waals surface area contributed by atoms with E-state index in [2.05, 4.69) is 5.32 Å². The maximum Gasteiger partial charge on any atom is 0.251 e. The lowest BCUT2D eigenvalue weighted by Crippen LogP contribution is -2.37. The van der Waals surface area contributed by atoms with Crippen molar-refractivity contribution in [2.45, 2.75) is 45.2 Å². The minimum atomic E-state index is -0.191. The zero-order chi connectivity index (χ0) is 13.1. The first-order valence-corrected chi connectivity index (χ1v) is 6.32. The average Bonchev–Trinajstić information content (AvgIpc) is 2.78. The number of nitrogen functional groups attached to an aromatic ring is 1. The van der Waals surface area contributed by atoms with Crippen molar-refractivity contribution in [3.8, 4) is 0 Å². The van der Waals surface area contributed by atoms with Crippen LogP contribution in [0.4, 0.5) is 5.69 Å². The molecule has 0 atom stereocenters. The second-order valence-electron chi connectivity index (χ2n) is 4.93. The van der Waals surface area contributed by atoms with Gasteiger partial charge in [0.15, 0.2) is 0 Å². The van der Waals surface area contributed by atoms with Gasteiger partial charge in [-0.3, -0.25) is 9.59 Å². The maximum atomic E-state index is 11.8. The third-order valence-electron chi connectivity index (χ3n) is 3.41. The first kappa shape index (κ1) is 12.7. The van der Waals surface area contributed by atoms with Crippen LogP contribution in [-0.2, 0) is 11.3 Å². The summed E-state index contributed by atoms with van der Waals surface area (Å²) in [4.78, 5) is 23.5. The first-order chi connectivity index (χ1) is 8.56. The standard InChI is InChI=1S/C13H19N3O2/c1-9-6-13(18)16(7-11(9)14)8-12(17)15-10-4-2-3-5-10/h6-7,10H,2-5,8,14H2,1H3,(H,15,17). The second kappa shape index (κ2) is 5.25. The van der Waals surface area contributed by atoms with Gasteiger partial charge in [0.2, 0.25) is 5.91 Å². The molecule has 98 valence electrons. The van der Waals surface area contributed by atoms with Crippen LogP contribution in [-0.4, -0.2) is 16.5 Å². The van der Waals surface area contributed by atoms with Crippen molar-refractivity contribution < 1.29 is 4.79 Å². The zero-order valence-electron chi connectivity index (χ0n) is 10.6. The Bertz CT molecular complexity index is 501. The van der Waals surface area contributed by atoms with E-state index in [4.69, 9.17) is 5.73 Å². The molecule has 1 aliphatic rings. The van der Waals surface area contributed by atoms with Gasteiger partial charge in [-0.25, -0.2) is 0 Å². The Morgan fingerprint density at radius 2 is 2.17 bits per heavy atom. The predicted molar refractivity (Wildman–Crippen MR) is 70.3 cm³/mol. The van der Waals surface area contributed by atoms with Crippen molar-refractivity contribution in [3.63, 3.8) is 0 Å². The number of anilines is 1. The summed E-state index contributed by atoms with van der Waals surface area (Å²) < 4.78 is 1.35. The van der Waals surface area contributed by atoms with Crippen LogP contribution in [0.3, 0.4) is 0 Å². The van der Waals surface area contributed by atoms with E-state index in [1.165, 1.54) is 29.7 Å². The Kier molecular flexibility index (Phi) is 3.69. The zero-order valence-corrected chi connectivity index (χ0v) is 10.6. The molecular formula is C13H19N3O2. The molecule has 1 amide bonds. The van der Waals surface area contributed by atoms with Crippen molar-refractivity contribution in [2.75, 3.05) is 5.73 Å². The number of hydrogen-bond acceptors (Lipinski definition) is 3. The molecule has 1 aliphatic carbocycles. The number of aromatic nitrogens is 1. The molecule has 5 nitrogen and oxygen atoms in total. The van der Waals surface area contributed by atoms with Gasteiger partial charge in [-0.1, -0.05) is 12.8 Å². The molecule has 1 heterocycles. The Morgan fingerprint density at radius 3 is 2.83 bits per heavy atom. The lowest BCUT2D eigenvalue weighted by atomic mass is 10.2. The number of amides is 1. The maximum absolute atomic E-state index is 11.8. The summed E-state index contributed by atoms with van der Waals surface area (Å²) in [7, 11) is 0. The Balaban J connectivity index is 2.02. The first-order valence-electron chi connectivity index (χ1n) is 6.32. The molecule has 2 rings (SSSR count). The monoisotopic (exact) mass is 249 g/mol. The summed E-state index contributed by atoms with van der Waals surface area (Å²) in [5, 5.41) is 2.95. The quantitative estimate of drug-likeness (QED) is 0.831. The van der Waals surface area contributed by atoms with E-state index in [1.807, 2.05) is 0 Å². The fraction of sp³-hybridized carbons (Fsp3) is 0.538. The smallest absolute Gasteiger partial charge is 0.251 e. The highest BCUT2D eigenvalue weighted by molar-refractivity contribution is 5.76. The summed E-state index contributed by atoms with van der Waals surface area (Å²) in [6, 6.07) is 1.73. The number of carbonyl (C=O) groups is 1. The molecule has 18 heavy (non-hydrogen) atoms. The molecule has 1 saturated carbocycles. The molecule has 0 spiro atoms. The van der Waals surface area contributed by atoms with E-state index in [1.54, 1.807) is 6.92 Å². The minimum Gasteiger partial charge on any atom is -0.397 e. The lowest BCUT2D eigenvalue weighted by molar-refractivity contribution is -0.122. The van der Waals surface area contributed by atoms with Crippen molar-refractivity contribution >= 4 is 11.6 Å². The van der Waals surface area contributed by atoms with Gasteiger partial charge in [0, 0.05) is 18.3 Å². The Hall–Kier alpha value is -1.78. The molecule has 0 radical (unpaired) electrons. The van der Waals surface area contributed by atoms with Gasteiger partial charge in [-0.05, 0) is 25.3 Å². The van der Waals surface area contributed by atoms with Crippen LogP contribution in [0.5, 0.6) is 0 Å². The number of carbonyl (C=O) groups excluding carboxylic acids is 1. The fourth-order valence-corrected chi connectivity index (χ4v) is 2.31. The highest BCUT2D eigenvalue weighted by atomic mass is 16.2. The van der Waals surface area contributed by atoms with Crippen molar-refractivity contribution in [1.82, 2.24) is 9.88 Å². The highest BCUT2D eigenvalue weighted by Gasteiger charge is 2.17. The predicted octanol–water partition coefficient (Wildman–Crippen LogP) is 0.798. The van der Waals surface area contributed by atoms with E-state index < -0.39 is 0 Å². The number of hydrogen-bond donors (Lipinski definition) is 2. The summed E-state index contributed by atoms with van der Waals surface area (Å²) in [5.41, 5.74) is 6.82. The molecule has 3 N–H and O–H groups in total. The second-order valence-corrected chi connectivity index (χ2v) is 4.93. The normalized spacial score (nSPS) is 15.8. The molecule has 0 unspecified atom stereocenters. The van der Waals surface area contributed by atoms with Crippen LogP contribution in [0.1, 0.15) is 31.2 Å². The highest BCUT2D eigenvalue weighted by Crippen LogP contribution is 2.17. The average molecular weight is 249 g/mol. The van der Waals surface area contributed by atoms with Gasteiger partial charge in [-0.2, -0.15) is 0 Å². The van der Waals surface area contributed by atoms with Crippen LogP contribution in [0.15, 0.2) is 17.1 Å². The van der Waals surface area contributed by atoms with Gasteiger partial charge in [0.1, 0.15) is 6.54 Å². The third-order valence-corrected chi connectivity index (χ3v) is 3.41. The Labute approximate surface area is 106 Å². The van der Waals surface area contributed by atoms with Crippen molar-refractivity contribution in [2.24, 2.45) is 0 Å². The molecular weight excluding hydrogens is 230 g/mol. The van der Waals surface area contributed by atoms with Gasteiger partial charge in [0.05, 0.1) is 5.69 Å². The van der Waals surface area contributed by atoms with Crippen molar-refractivity contribution in [3.05, 3.63) is 28.2 Å². The van der Waals surface area contributed by atoms with Crippen LogP contribution < -0.4 is 16.6 Å². The van der Waals surface area contributed by atoms with Crippen LogP contribution >= 0.6 is 0 Å². The van der Waals surface area contributed by atoms with E-state index in [-0.39, 0.29) is 24.1 Å². The molecule has 1 aromatic rings. The number of aryl methyl sites for hydroxylation is 1. The number of nitrogens with zero attached hydrogens (tertiary/aromatic N) is 1. The van der Waals surface area contributed by atoms with Gasteiger partial charge < -0.3 is 15.6 Å². The number of rotatable bonds is 3. The molecule has 0 aromatic carbocycles. The topological polar surface area (TPSA) is 77.1 Å². The largest absolute Gasteiger partial charge is 0.397 e. The van der Waals surface area contributed by atoms with E-state index in [0.717, 1.165) is 18.4 Å². The van der Waals surface area contributed by atoms with Gasteiger partial charge in [-0.15, -0.1) is 0 Å². The van der Waals surface area contributed by atoms with Crippen molar-refractivity contribution in [1.29, 1.82) is 0 Å². The van der Waals surface area contributed by atoms with Gasteiger partial charge >= 0.3 is 0 Å². The van der Waals surface area contributed by atoms with Crippen LogP contribution in [0.25, 0.3) is 0 Å². The lowest BCUT2D eigenvalue weighted by Gasteiger charge is -2.13. The molecule has 5 heteroatoms. The molecule has 1 aromatic heterocycles. The fourth-order valence-electron chi connectivity index (χ4n) is 2.31.